The first-order valence-electron chi connectivity index (χ1n) is 8.09. The molecule has 4 N–H and O–H groups in total. The van der Waals surface area contributed by atoms with E-state index >= 15 is 0 Å². The van der Waals surface area contributed by atoms with E-state index in [2.05, 4.69) is 16.0 Å². The monoisotopic (exact) mass is 415 g/mol. The Morgan fingerprint density at radius 3 is 2.54 bits per heavy atom. The third kappa shape index (κ3) is 5.17. The van der Waals surface area contributed by atoms with Gasteiger partial charge in [-0.05, 0) is 62.3 Å². The highest BCUT2D eigenvalue weighted by atomic mass is 35.5. The van der Waals surface area contributed by atoms with E-state index in [-0.39, 0.29) is 23.7 Å². The molecule has 26 heavy (non-hydrogen) atoms. The Morgan fingerprint density at radius 2 is 1.85 bits per heavy atom. The van der Waals surface area contributed by atoms with Crippen LogP contribution < -0.4 is 16.0 Å². The summed E-state index contributed by atoms with van der Waals surface area (Å²) in [7, 11) is 0. The molecule has 0 aliphatic carbocycles. The van der Waals surface area contributed by atoms with Gasteiger partial charge in [-0.3, -0.25) is 4.79 Å². The zero-order valence-electron chi connectivity index (χ0n) is 13.9. The predicted octanol–water partition coefficient (Wildman–Crippen LogP) is 4.54. The Balaban J connectivity index is 0.00000243. The van der Waals surface area contributed by atoms with Crippen LogP contribution in [0, 0.1) is 0 Å². The molecule has 2 aromatic rings. The van der Waals surface area contributed by atoms with Crippen molar-refractivity contribution in [3.63, 3.8) is 0 Å². The molecule has 3 rings (SSSR count). The molecule has 0 bridgehead atoms. The summed E-state index contributed by atoms with van der Waals surface area (Å²) < 4.78 is 0. The molecular formula is C18H20Cl3N3O2. The van der Waals surface area contributed by atoms with Gasteiger partial charge in [0, 0.05) is 16.8 Å². The van der Waals surface area contributed by atoms with Crippen molar-refractivity contribution in [2.75, 3.05) is 23.7 Å². The van der Waals surface area contributed by atoms with Crippen molar-refractivity contribution in [3.8, 4) is 5.75 Å². The summed E-state index contributed by atoms with van der Waals surface area (Å²) in [6.07, 6.45) is 2.12. The second kappa shape index (κ2) is 9.33. The van der Waals surface area contributed by atoms with Gasteiger partial charge in [0.05, 0.1) is 16.3 Å². The van der Waals surface area contributed by atoms with Gasteiger partial charge in [-0.2, -0.15) is 0 Å². The van der Waals surface area contributed by atoms with Crippen molar-refractivity contribution in [1.82, 2.24) is 5.32 Å². The van der Waals surface area contributed by atoms with Gasteiger partial charge in [-0.25, -0.2) is 0 Å². The van der Waals surface area contributed by atoms with Gasteiger partial charge in [0.1, 0.15) is 5.75 Å². The smallest absolute Gasteiger partial charge is 0.259 e. The Labute approximate surface area is 168 Å². The van der Waals surface area contributed by atoms with E-state index in [1.165, 1.54) is 18.2 Å². The van der Waals surface area contributed by atoms with E-state index in [4.69, 9.17) is 23.2 Å². The Hall–Kier alpha value is -1.66. The molecule has 0 radical (unpaired) electrons. The summed E-state index contributed by atoms with van der Waals surface area (Å²) in [4.78, 5) is 12.3. The number of amides is 1. The van der Waals surface area contributed by atoms with Crippen LogP contribution in [0.2, 0.25) is 10.0 Å². The molecule has 2 aromatic carbocycles. The molecule has 1 saturated heterocycles. The van der Waals surface area contributed by atoms with Crippen molar-refractivity contribution >= 4 is 52.9 Å². The summed E-state index contributed by atoms with van der Waals surface area (Å²) in [5.74, 6) is -0.608. The maximum absolute atomic E-state index is 12.3. The van der Waals surface area contributed by atoms with Gasteiger partial charge in [-0.1, -0.05) is 23.2 Å². The number of carbonyl (C=O) groups is 1. The predicted molar refractivity (Wildman–Crippen MR) is 109 cm³/mol. The highest BCUT2D eigenvalue weighted by Gasteiger charge is 2.15. The molecule has 0 aromatic heterocycles. The van der Waals surface area contributed by atoms with Crippen LogP contribution in [0.3, 0.4) is 0 Å². The molecule has 5 nitrogen and oxygen atoms in total. The first-order valence-corrected chi connectivity index (χ1v) is 8.85. The van der Waals surface area contributed by atoms with Crippen molar-refractivity contribution in [1.29, 1.82) is 0 Å². The Bertz CT molecular complexity index is 780. The number of aromatic hydroxyl groups is 1. The van der Waals surface area contributed by atoms with E-state index in [0.717, 1.165) is 31.6 Å². The van der Waals surface area contributed by atoms with Crippen LogP contribution in [0.4, 0.5) is 11.4 Å². The first-order chi connectivity index (χ1) is 12.0. The number of rotatable bonds is 4. The SMILES string of the molecule is Cl.O=C(Nc1ccc(NC2CCNCC2)cc1Cl)c1cc(Cl)ccc1O. The number of hydrogen-bond acceptors (Lipinski definition) is 4. The molecule has 140 valence electrons. The molecule has 0 spiro atoms. The van der Waals surface area contributed by atoms with Gasteiger partial charge in [0.15, 0.2) is 0 Å². The van der Waals surface area contributed by atoms with Gasteiger partial charge >= 0.3 is 0 Å². The summed E-state index contributed by atoms with van der Waals surface area (Å²) in [6.45, 7) is 2.01. The van der Waals surface area contributed by atoms with Gasteiger partial charge < -0.3 is 21.1 Å². The van der Waals surface area contributed by atoms with Crippen molar-refractivity contribution in [2.45, 2.75) is 18.9 Å². The lowest BCUT2D eigenvalue weighted by Crippen LogP contribution is -2.35. The zero-order valence-corrected chi connectivity index (χ0v) is 16.2. The van der Waals surface area contributed by atoms with E-state index in [1.54, 1.807) is 12.1 Å². The van der Waals surface area contributed by atoms with Crippen LogP contribution in [-0.4, -0.2) is 30.1 Å². The van der Waals surface area contributed by atoms with E-state index in [1.807, 2.05) is 6.07 Å². The maximum Gasteiger partial charge on any atom is 0.259 e. The van der Waals surface area contributed by atoms with Crippen molar-refractivity contribution in [3.05, 3.63) is 52.0 Å². The largest absolute Gasteiger partial charge is 0.507 e. The number of phenols is 1. The third-order valence-corrected chi connectivity index (χ3v) is 4.68. The lowest BCUT2D eigenvalue weighted by molar-refractivity contribution is 0.102. The topological polar surface area (TPSA) is 73.4 Å². The number of phenolic OH excluding ortho intramolecular Hbond substituents is 1. The summed E-state index contributed by atoms with van der Waals surface area (Å²) in [5.41, 5.74) is 1.49. The van der Waals surface area contributed by atoms with Gasteiger partial charge in [-0.15, -0.1) is 12.4 Å². The molecular weight excluding hydrogens is 397 g/mol. The zero-order chi connectivity index (χ0) is 17.8. The van der Waals surface area contributed by atoms with Gasteiger partial charge in [0.25, 0.3) is 5.91 Å². The van der Waals surface area contributed by atoms with Crippen LogP contribution in [0.25, 0.3) is 0 Å². The fourth-order valence-electron chi connectivity index (χ4n) is 2.79. The van der Waals surface area contributed by atoms with Crippen molar-refractivity contribution in [2.24, 2.45) is 0 Å². The third-order valence-electron chi connectivity index (χ3n) is 4.13. The number of nitrogens with one attached hydrogen (secondary N) is 3. The minimum absolute atomic E-state index is 0. The quantitative estimate of drug-likeness (QED) is 0.590. The second-order valence-corrected chi connectivity index (χ2v) is 6.82. The molecule has 1 heterocycles. The van der Waals surface area contributed by atoms with Crippen LogP contribution in [0.15, 0.2) is 36.4 Å². The van der Waals surface area contributed by atoms with E-state index in [9.17, 15) is 9.90 Å². The Kier molecular flexibility index (Phi) is 7.41. The lowest BCUT2D eigenvalue weighted by atomic mass is 10.1. The normalized spacial score (nSPS) is 14.4. The molecule has 0 saturated carbocycles. The van der Waals surface area contributed by atoms with E-state index < -0.39 is 5.91 Å². The molecule has 1 aliphatic rings. The molecule has 0 atom stereocenters. The van der Waals surface area contributed by atoms with Crippen LogP contribution in [-0.2, 0) is 0 Å². The standard InChI is InChI=1S/C18H19Cl2N3O2.ClH/c19-11-1-4-17(24)14(9-11)18(25)23-16-3-2-13(10-15(16)20)22-12-5-7-21-8-6-12;/h1-4,9-10,12,21-22,24H,5-8H2,(H,23,25);1H. The van der Waals surface area contributed by atoms with Gasteiger partial charge in [0.2, 0.25) is 0 Å². The fourth-order valence-corrected chi connectivity index (χ4v) is 3.19. The second-order valence-electron chi connectivity index (χ2n) is 5.98. The number of carbonyl (C=O) groups excluding carboxylic acids is 1. The molecule has 1 fully saturated rings. The fraction of sp³-hybridized carbons (Fsp3) is 0.278. The first kappa shape index (κ1) is 20.6. The van der Waals surface area contributed by atoms with Crippen molar-refractivity contribution < 1.29 is 9.90 Å². The maximum atomic E-state index is 12.3. The minimum Gasteiger partial charge on any atom is -0.507 e. The highest BCUT2D eigenvalue weighted by Crippen LogP contribution is 2.28. The summed E-state index contributed by atoms with van der Waals surface area (Å²) in [6, 6.07) is 10.1. The summed E-state index contributed by atoms with van der Waals surface area (Å²) >= 11 is 12.2. The number of benzene rings is 2. The number of halogens is 3. The average molecular weight is 417 g/mol. The number of piperidine rings is 1. The number of hydrogen-bond donors (Lipinski definition) is 4. The Morgan fingerprint density at radius 1 is 1.12 bits per heavy atom. The van der Waals surface area contributed by atoms with Crippen LogP contribution in [0.5, 0.6) is 5.75 Å². The minimum atomic E-state index is -0.471. The van der Waals surface area contributed by atoms with E-state index in [0.29, 0.717) is 21.8 Å². The molecule has 1 amide bonds. The molecule has 0 unspecified atom stereocenters. The highest BCUT2D eigenvalue weighted by molar-refractivity contribution is 6.34. The van der Waals surface area contributed by atoms with Crippen LogP contribution >= 0.6 is 35.6 Å². The summed E-state index contributed by atoms with van der Waals surface area (Å²) in [5, 5.41) is 20.1. The lowest BCUT2D eigenvalue weighted by Gasteiger charge is -2.25. The van der Waals surface area contributed by atoms with Crippen LogP contribution in [0.1, 0.15) is 23.2 Å². The number of anilines is 2. The molecule has 1 aliphatic heterocycles. The molecule has 8 heteroatoms. The average Bonchev–Trinajstić information content (AvgIpc) is 2.60.